The molecule has 11 atom stereocenters. The van der Waals surface area contributed by atoms with Gasteiger partial charge in [-0.25, -0.2) is 4.79 Å². The highest BCUT2D eigenvalue weighted by Crippen LogP contribution is 2.50. The molecule has 3 heterocycles. The number of hydrogen-bond acceptors (Lipinski definition) is 11. The summed E-state index contributed by atoms with van der Waals surface area (Å²) in [5.41, 5.74) is 7.41. The second kappa shape index (κ2) is 27.9. The number of anilines is 1. The first-order chi connectivity index (χ1) is 36.8. The number of hydrogen-bond donors (Lipinski definition) is 6. The highest BCUT2D eigenvalue weighted by Gasteiger charge is 2.59. The number of nitrogens with two attached hydrogens (primary N) is 1. The van der Waals surface area contributed by atoms with Gasteiger partial charge in [-0.2, -0.15) is 0 Å². The molecule has 2 saturated heterocycles. The number of fused-ring (bicyclic) bond motifs is 2. The van der Waals surface area contributed by atoms with Gasteiger partial charge in [0.25, 0.3) is 11.8 Å². The van der Waals surface area contributed by atoms with Crippen LogP contribution in [0.3, 0.4) is 0 Å². The van der Waals surface area contributed by atoms with Crippen LogP contribution in [-0.4, -0.2) is 145 Å². The first kappa shape index (κ1) is 60.1. The minimum absolute atomic E-state index is 0.00170. The van der Waals surface area contributed by atoms with E-state index in [9.17, 15) is 38.4 Å². The number of primary amides is 1. The molecule has 422 valence electrons. The number of amides is 9. The molecule has 1 aliphatic carbocycles. The minimum Gasteiger partial charge on any atom is -0.379 e. The number of likely N-dealkylation sites (N-methyl/N-ethyl adjacent to an activating group) is 1. The Kier molecular flexibility index (Phi) is 21.8. The Hall–Kier alpha value is -6.18. The van der Waals surface area contributed by atoms with Gasteiger partial charge in [0.05, 0.1) is 48.6 Å². The number of likely N-dealkylation sites (tertiary alicyclic amines) is 1. The van der Waals surface area contributed by atoms with Crippen molar-refractivity contribution in [1.29, 1.82) is 0 Å². The van der Waals surface area contributed by atoms with Crippen molar-refractivity contribution >= 4 is 53.1 Å². The lowest BCUT2D eigenvalue weighted by Gasteiger charge is -2.45. The van der Waals surface area contributed by atoms with Crippen LogP contribution in [0.15, 0.2) is 66.7 Å². The lowest BCUT2D eigenvalue weighted by Crippen LogP contribution is -2.61. The summed E-state index contributed by atoms with van der Waals surface area (Å²) < 4.78 is 12.2. The topological polar surface area (TPSA) is 251 Å². The van der Waals surface area contributed by atoms with E-state index < -0.39 is 71.5 Å². The van der Waals surface area contributed by atoms with Gasteiger partial charge in [0.1, 0.15) is 6.04 Å². The summed E-state index contributed by atoms with van der Waals surface area (Å²) in [5.74, 6) is -3.15. The van der Waals surface area contributed by atoms with E-state index in [0.29, 0.717) is 51.0 Å². The number of carbonyl (C=O) groups is 8. The van der Waals surface area contributed by atoms with Crippen LogP contribution in [0.25, 0.3) is 0 Å². The molecule has 7 N–H and O–H groups in total. The third kappa shape index (κ3) is 15.1. The molecule has 4 aliphatic rings. The number of benzene rings is 2. The predicted octanol–water partition coefficient (Wildman–Crippen LogP) is 4.83. The van der Waals surface area contributed by atoms with Crippen LogP contribution in [0.5, 0.6) is 0 Å². The molecule has 2 aromatic carbocycles. The van der Waals surface area contributed by atoms with Crippen LogP contribution in [0.1, 0.15) is 116 Å². The predicted molar refractivity (Wildman–Crippen MR) is 292 cm³/mol. The van der Waals surface area contributed by atoms with Gasteiger partial charge in [0.15, 0.2) is 0 Å². The van der Waals surface area contributed by atoms with Crippen molar-refractivity contribution in [1.82, 2.24) is 36.0 Å². The Morgan fingerprint density at radius 3 is 2.17 bits per heavy atom. The Morgan fingerprint density at radius 2 is 1.55 bits per heavy atom. The van der Waals surface area contributed by atoms with Gasteiger partial charge in [-0.3, -0.25) is 43.8 Å². The van der Waals surface area contributed by atoms with E-state index in [1.165, 1.54) is 24.2 Å². The van der Waals surface area contributed by atoms with E-state index >= 15 is 0 Å². The molecule has 1 saturated carbocycles. The van der Waals surface area contributed by atoms with Crippen LogP contribution in [0.2, 0.25) is 0 Å². The molecular formula is C58H85N9O10. The molecule has 0 radical (unpaired) electrons. The SMILES string of the molecule is CC[C@H](C)[C@@H]([C@@H](CC(=O)N1CCC[C@H]1[C@H](OC)[C@@H](C)C(=O)N[C@@H](Cc1ccccc1)C(=O)Nc1ccc(CNC(=O)NCCCCCCN2C(=O)C=CC2=O)cc1)OC)N(C)C(=O)[C@@H](C(C)C)C12CCC(C1)C(C(N)=O)N2. The Bertz CT molecular complexity index is 2390. The van der Waals surface area contributed by atoms with Gasteiger partial charge >= 0.3 is 6.03 Å². The van der Waals surface area contributed by atoms with E-state index in [0.717, 1.165) is 49.7 Å². The van der Waals surface area contributed by atoms with Crippen molar-refractivity contribution in [3.05, 3.63) is 77.9 Å². The molecule has 0 aromatic heterocycles. The van der Waals surface area contributed by atoms with Gasteiger partial charge in [-0.15, -0.1) is 0 Å². The lowest BCUT2D eigenvalue weighted by molar-refractivity contribution is -0.150. The second-order valence-corrected chi connectivity index (χ2v) is 22.1. The lowest BCUT2D eigenvalue weighted by atomic mass is 9.74. The average Bonchev–Trinajstić information content (AvgIpc) is 4.32. The van der Waals surface area contributed by atoms with E-state index in [1.807, 2.05) is 44.2 Å². The zero-order valence-electron chi connectivity index (χ0n) is 46.5. The van der Waals surface area contributed by atoms with Crippen molar-refractivity contribution in [2.45, 2.75) is 160 Å². The van der Waals surface area contributed by atoms with Gasteiger partial charge in [0.2, 0.25) is 29.5 Å². The molecule has 6 rings (SSSR count). The maximum absolute atomic E-state index is 14.8. The summed E-state index contributed by atoms with van der Waals surface area (Å²) in [6.45, 7) is 11.5. The minimum atomic E-state index is -0.967. The molecule has 3 fully saturated rings. The maximum Gasteiger partial charge on any atom is 0.315 e. The standard InChI is InChI=1S/C58H85N9O10/c1-9-37(4)51(65(6)56(74)49(36(2)3)58-28-27-41(34-58)50(64-58)53(59)71)45(76-7)33-48(70)66-31-17-20-44(66)52(77-8)38(5)54(72)63-43(32-39-18-13-12-14-19-39)55(73)62-42-23-21-40(22-24-42)35-61-57(75)60-29-15-10-11-16-30-67-46(68)25-26-47(67)69/h12-14,18-19,21-26,36-38,41,43-45,49-52,64H,9-11,15-17,20,27-35H2,1-8H3,(H2,59,71)(H,62,73)(H,63,72)(H2,60,61,75)/t37-,38+,41?,43-,44-,45+,49+,50?,51-,52+,58?/m0/s1. The molecule has 0 spiro atoms. The molecule has 9 amide bonds. The molecule has 2 aromatic rings. The van der Waals surface area contributed by atoms with Crippen LogP contribution in [-0.2, 0) is 56.0 Å². The van der Waals surface area contributed by atoms with Crippen molar-refractivity contribution in [2.75, 3.05) is 46.2 Å². The molecular weight excluding hydrogens is 983 g/mol. The highest BCUT2D eigenvalue weighted by molar-refractivity contribution is 6.12. The zero-order valence-corrected chi connectivity index (χ0v) is 46.5. The smallest absolute Gasteiger partial charge is 0.315 e. The van der Waals surface area contributed by atoms with E-state index in [1.54, 1.807) is 55.1 Å². The Balaban J connectivity index is 1.04. The molecule has 3 aliphatic heterocycles. The largest absolute Gasteiger partial charge is 0.379 e. The molecule has 2 bridgehead atoms. The van der Waals surface area contributed by atoms with Crippen molar-refractivity contribution in [3.63, 3.8) is 0 Å². The molecule has 19 nitrogen and oxygen atoms in total. The number of methoxy groups -OCH3 is 2. The third-order valence-corrected chi connectivity index (χ3v) is 16.7. The maximum atomic E-state index is 14.8. The Morgan fingerprint density at radius 1 is 0.857 bits per heavy atom. The normalized spacial score (nSPS) is 22.5. The van der Waals surface area contributed by atoms with Crippen LogP contribution in [0.4, 0.5) is 10.5 Å². The fraction of sp³-hybridized carbons (Fsp3) is 0.621. The van der Waals surface area contributed by atoms with Crippen LogP contribution < -0.4 is 32.3 Å². The number of rotatable bonds is 29. The first-order valence-electron chi connectivity index (χ1n) is 27.8. The number of nitrogens with zero attached hydrogens (tertiary/aromatic N) is 3. The zero-order chi connectivity index (χ0) is 56.0. The van der Waals surface area contributed by atoms with E-state index in [4.69, 9.17) is 15.2 Å². The van der Waals surface area contributed by atoms with Crippen molar-refractivity contribution in [3.8, 4) is 0 Å². The molecule has 19 heteroatoms. The number of unbranched alkanes of at least 4 members (excludes halogenated alkanes) is 3. The number of nitrogens with one attached hydrogen (secondary N) is 5. The number of carbonyl (C=O) groups excluding carboxylic acids is 8. The van der Waals surface area contributed by atoms with E-state index in [2.05, 4.69) is 40.4 Å². The van der Waals surface area contributed by atoms with Gasteiger partial charge < -0.3 is 46.3 Å². The fourth-order valence-corrected chi connectivity index (χ4v) is 12.5. The summed E-state index contributed by atoms with van der Waals surface area (Å²) in [5, 5.41) is 15.2. The quantitative estimate of drug-likeness (QED) is 0.0476. The van der Waals surface area contributed by atoms with Crippen molar-refractivity contribution in [2.24, 2.45) is 35.3 Å². The summed E-state index contributed by atoms with van der Waals surface area (Å²) in [6.07, 6.45) is 8.89. The number of piperidine rings is 1. The summed E-state index contributed by atoms with van der Waals surface area (Å²) >= 11 is 0. The second-order valence-electron chi connectivity index (χ2n) is 22.1. The summed E-state index contributed by atoms with van der Waals surface area (Å²) in [7, 11) is 4.91. The van der Waals surface area contributed by atoms with Gasteiger partial charge in [-0.05, 0) is 86.0 Å². The van der Waals surface area contributed by atoms with E-state index in [-0.39, 0.29) is 66.8 Å². The molecule has 3 unspecified atom stereocenters. The number of imide groups is 1. The molecule has 77 heavy (non-hydrogen) atoms. The summed E-state index contributed by atoms with van der Waals surface area (Å²) in [6, 6.07) is 13.8. The average molecular weight is 1070 g/mol. The highest BCUT2D eigenvalue weighted by atomic mass is 16.5. The first-order valence-corrected chi connectivity index (χ1v) is 27.8. The van der Waals surface area contributed by atoms with Gasteiger partial charge in [-0.1, -0.05) is 96.3 Å². The van der Waals surface area contributed by atoms with Crippen molar-refractivity contribution < 1.29 is 47.8 Å². The number of urea groups is 1. The Labute approximate surface area is 454 Å². The monoisotopic (exact) mass is 1070 g/mol. The van der Waals surface area contributed by atoms with Gasteiger partial charge in [0, 0.05) is 77.2 Å². The van der Waals surface area contributed by atoms with Crippen LogP contribution in [0, 0.1) is 29.6 Å². The fourth-order valence-electron chi connectivity index (χ4n) is 12.5. The van der Waals surface area contributed by atoms with Crippen LogP contribution >= 0.6 is 0 Å². The summed E-state index contributed by atoms with van der Waals surface area (Å²) in [4.78, 5) is 111. The number of ether oxygens (including phenoxy) is 2. The third-order valence-electron chi connectivity index (χ3n) is 16.7.